The third kappa shape index (κ3) is 4.87. The summed E-state index contributed by atoms with van der Waals surface area (Å²) in [5.74, 6) is -0.535. The number of hydrogen-bond donors (Lipinski definition) is 3. The molecule has 0 fully saturated rings. The van der Waals surface area contributed by atoms with Crippen LogP contribution in [0.1, 0.15) is 22.0 Å². The molecule has 4 N–H and O–H groups in total. The summed E-state index contributed by atoms with van der Waals surface area (Å²) in [5, 5.41) is 5.44. The molecule has 0 bridgehead atoms. The molecule has 1 heterocycles. The number of pyridine rings is 1. The van der Waals surface area contributed by atoms with E-state index in [2.05, 4.69) is 15.6 Å². The van der Waals surface area contributed by atoms with E-state index >= 15 is 0 Å². The molecule has 0 aliphatic carbocycles. The first-order valence-electron chi connectivity index (χ1n) is 7.45. The fourth-order valence-electron chi connectivity index (χ4n) is 2.02. The molecule has 0 radical (unpaired) electrons. The summed E-state index contributed by atoms with van der Waals surface area (Å²) in [6, 6.07) is 9.21. The maximum absolute atomic E-state index is 12.1. The molecule has 2 aromatic rings. The molecule has 0 saturated carbocycles. The van der Waals surface area contributed by atoms with E-state index in [4.69, 9.17) is 10.5 Å². The van der Waals surface area contributed by atoms with Gasteiger partial charge in [-0.05, 0) is 29.8 Å². The van der Waals surface area contributed by atoms with Crippen molar-refractivity contribution >= 4 is 17.5 Å². The zero-order valence-corrected chi connectivity index (χ0v) is 13.4. The Bertz CT molecular complexity index is 674. The van der Waals surface area contributed by atoms with Gasteiger partial charge in [0.1, 0.15) is 6.04 Å². The third-order valence-electron chi connectivity index (χ3n) is 3.36. The molecular formula is C17H20N4O3. The van der Waals surface area contributed by atoms with E-state index in [1.165, 1.54) is 0 Å². The molecule has 7 heteroatoms. The number of rotatable bonds is 7. The lowest BCUT2D eigenvalue weighted by Crippen LogP contribution is -2.35. The van der Waals surface area contributed by atoms with Gasteiger partial charge in [0, 0.05) is 37.3 Å². The van der Waals surface area contributed by atoms with Crippen molar-refractivity contribution in [2.24, 2.45) is 5.73 Å². The van der Waals surface area contributed by atoms with Gasteiger partial charge in [-0.15, -0.1) is 0 Å². The van der Waals surface area contributed by atoms with Crippen molar-refractivity contribution in [3.63, 3.8) is 0 Å². The van der Waals surface area contributed by atoms with Crippen LogP contribution in [0.25, 0.3) is 0 Å². The first-order chi connectivity index (χ1) is 11.6. The average Bonchev–Trinajstić information content (AvgIpc) is 2.62. The van der Waals surface area contributed by atoms with Crippen molar-refractivity contribution in [2.45, 2.75) is 6.04 Å². The smallest absolute Gasteiger partial charge is 0.255 e. The van der Waals surface area contributed by atoms with Crippen molar-refractivity contribution in [3.05, 3.63) is 59.9 Å². The quantitative estimate of drug-likeness (QED) is 0.660. The number of amides is 2. The second-order valence-corrected chi connectivity index (χ2v) is 5.07. The molecule has 0 spiro atoms. The fraction of sp³-hybridized carbons (Fsp3) is 0.235. The van der Waals surface area contributed by atoms with Crippen LogP contribution in [0.5, 0.6) is 0 Å². The van der Waals surface area contributed by atoms with Gasteiger partial charge in [0.25, 0.3) is 5.91 Å². The zero-order chi connectivity index (χ0) is 17.4. The molecule has 0 aliphatic heterocycles. The number of ether oxygens (including phenoxy) is 1. The topological polar surface area (TPSA) is 106 Å². The van der Waals surface area contributed by atoms with Crippen molar-refractivity contribution in [1.82, 2.24) is 10.3 Å². The number of nitrogens with two attached hydrogens (primary N) is 1. The van der Waals surface area contributed by atoms with E-state index in [0.717, 1.165) is 0 Å². The summed E-state index contributed by atoms with van der Waals surface area (Å²) in [5.41, 5.74) is 7.68. The zero-order valence-electron chi connectivity index (χ0n) is 13.4. The highest BCUT2D eigenvalue weighted by atomic mass is 16.5. The lowest BCUT2D eigenvalue weighted by atomic mass is 10.0. The molecule has 0 saturated heterocycles. The van der Waals surface area contributed by atoms with Gasteiger partial charge in [0.05, 0.1) is 6.61 Å². The minimum absolute atomic E-state index is 0.245. The standard InChI is InChI=1S/C17H20N4O3/c1-24-11-10-20-17(23)15(18)12-2-4-13(5-3-12)16(22)21-14-6-8-19-9-7-14/h2-9,15H,10-11,18H2,1H3,(H,20,23)(H,19,21,22). The first-order valence-corrected chi connectivity index (χ1v) is 7.45. The molecule has 0 aliphatic rings. The van der Waals surface area contributed by atoms with Crippen molar-refractivity contribution in [3.8, 4) is 0 Å². The van der Waals surface area contributed by atoms with Gasteiger partial charge in [-0.25, -0.2) is 0 Å². The SMILES string of the molecule is COCCNC(=O)C(N)c1ccc(C(=O)Nc2ccncc2)cc1. The van der Waals surface area contributed by atoms with Crippen LogP contribution in [0.4, 0.5) is 5.69 Å². The van der Waals surface area contributed by atoms with Crippen LogP contribution in [0.3, 0.4) is 0 Å². The predicted molar refractivity (Wildman–Crippen MR) is 90.4 cm³/mol. The van der Waals surface area contributed by atoms with Crippen molar-refractivity contribution in [1.29, 1.82) is 0 Å². The lowest BCUT2D eigenvalue weighted by molar-refractivity contribution is -0.122. The van der Waals surface area contributed by atoms with Gasteiger partial charge >= 0.3 is 0 Å². The molecular weight excluding hydrogens is 308 g/mol. The number of nitrogens with one attached hydrogen (secondary N) is 2. The molecule has 7 nitrogen and oxygen atoms in total. The van der Waals surface area contributed by atoms with Crippen LogP contribution in [0.15, 0.2) is 48.8 Å². The number of anilines is 1. The molecule has 126 valence electrons. The summed E-state index contributed by atoms with van der Waals surface area (Å²) in [7, 11) is 1.56. The third-order valence-corrected chi connectivity index (χ3v) is 3.36. The maximum atomic E-state index is 12.1. The number of aromatic nitrogens is 1. The Kier molecular flexibility index (Phi) is 6.41. The largest absolute Gasteiger partial charge is 0.383 e. The molecule has 1 atom stereocenters. The molecule has 24 heavy (non-hydrogen) atoms. The average molecular weight is 328 g/mol. The molecule has 2 rings (SSSR count). The van der Waals surface area contributed by atoms with Crippen LogP contribution in [0, 0.1) is 0 Å². The highest BCUT2D eigenvalue weighted by molar-refractivity contribution is 6.04. The van der Waals surface area contributed by atoms with Crippen LogP contribution in [-0.2, 0) is 9.53 Å². The number of benzene rings is 1. The highest BCUT2D eigenvalue weighted by Crippen LogP contribution is 2.13. The molecule has 1 unspecified atom stereocenters. The summed E-state index contributed by atoms with van der Waals surface area (Å²) in [4.78, 5) is 27.9. The second-order valence-electron chi connectivity index (χ2n) is 5.07. The Hall–Kier alpha value is -2.77. The van der Waals surface area contributed by atoms with Crippen LogP contribution < -0.4 is 16.4 Å². The Morgan fingerprint density at radius 1 is 1.17 bits per heavy atom. The predicted octanol–water partition coefficient (Wildman–Crippen LogP) is 1.10. The van der Waals surface area contributed by atoms with Crippen molar-refractivity contribution in [2.75, 3.05) is 25.6 Å². The summed E-state index contributed by atoms with van der Waals surface area (Å²) in [6.45, 7) is 0.821. The van der Waals surface area contributed by atoms with Gasteiger partial charge in [-0.3, -0.25) is 14.6 Å². The summed E-state index contributed by atoms with van der Waals surface area (Å²) >= 11 is 0. The highest BCUT2D eigenvalue weighted by Gasteiger charge is 2.16. The van der Waals surface area contributed by atoms with Crippen LogP contribution >= 0.6 is 0 Å². The fourth-order valence-corrected chi connectivity index (χ4v) is 2.02. The number of carbonyl (C=O) groups excluding carboxylic acids is 2. The van der Waals surface area contributed by atoms with Crippen LogP contribution in [-0.4, -0.2) is 37.1 Å². The Morgan fingerprint density at radius 3 is 2.46 bits per heavy atom. The van der Waals surface area contributed by atoms with Gasteiger partial charge in [-0.2, -0.15) is 0 Å². The first kappa shape index (κ1) is 17.6. The Balaban J connectivity index is 1.96. The van der Waals surface area contributed by atoms with E-state index in [1.807, 2.05) is 0 Å². The summed E-state index contributed by atoms with van der Waals surface area (Å²) in [6.07, 6.45) is 3.19. The molecule has 1 aromatic heterocycles. The number of carbonyl (C=O) groups is 2. The van der Waals surface area contributed by atoms with E-state index in [1.54, 1.807) is 55.9 Å². The molecule has 1 aromatic carbocycles. The van der Waals surface area contributed by atoms with Gasteiger partial charge in [0.2, 0.25) is 5.91 Å². The number of hydrogen-bond acceptors (Lipinski definition) is 5. The van der Waals surface area contributed by atoms with Crippen molar-refractivity contribution < 1.29 is 14.3 Å². The van der Waals surface area contributed by atoms with E-state index in [9.17, 15) is 9.59 Å². The molecule has 2 amide bonds. The second kappa shape index (κ2) is 8.76. The maximum Gasteiger partial charge on any atom is 0.255 e. The van der Waals surface area contributed by atoms with E-state index in [-0.39, 0.29) is 11.8 Å². The minimum atomic E-state index is -0.792. The normalized spacial score (nSPS) is 11.6. The summed E-state index contributed by atoms with van der Waals surface area (Å²) < 4.78 is 4.86. The van der Waals surface area contributed by atoms with Gasteiger partial charge in [-0.1, -0.05) is 12.1 Å². The number of methoxy groups -OCH3 is 1. The minimum Gasteiger partial charge on any atom is -0.383 e. The Labute approximate surface area is 140 Å². The van der Waals surface area contributed by atoms with Crippen LogP contribution in [0.2, 0.25) is 0 Å². The van der Waals surface area contributed by atoms with Gasteiger partial charge in [0.15, 0.2) is 0 Å². The monoisotopic (exact) mass is 328 g/mol. The van der Waals surface area contributed by atoms with E-state index < -0.39 is 6.04 Å². The Morgan fingerprint density at radius 2 is 1.83 bits per heavy atom. The number of nitrogens with zero attached hydrogens (tertiary/aromatic N) is 1. The lowest BCUT2D eigenvalue weighted by Gasteiger charge is -2.13. The van der Waals surface area contributed by atoms with E-state index in [0.29, 0.717) is 30.0 Å². The van der Waals surface area contributed by atoms with Gasteiger partial charge < -0.3 is 21.1 Å².